The van der Waals surface area contributed by atoms with Gasteiger partial charge in [0, 0.05) is 68.3 Å². The molecule has 0 aliphatic carbocycles. The zero-order chi connectivity index (χ0) is 28.5. The largest absolute Gasteiger partial charge is 0.491 e. The standard InChI is InChI=1S/C26H28Cl2N4O4.C3H7N/c1-19(33)31-10-12-32(13-11-31)21-3-5-22(6-4-21)34-15-23-16-35-26(36-23,17-30-9-8-29-18-30)24-7-2-20(27)14-25(24)28;1-2-3-4/h2-9,14,18,23H,10-13,15-17H2,1H3;2H,1,3-4H2/t23-,26-;/m0./s1. The van der Waals surface area contributed by atoms with Gasteiger partial charge in [0.25, 0.3) is 0 Å². The summed E-state index contributed by atoms with van der Waals surface area (Å²) in [5.41, 5.74) is 6.73. The summed E-state index contributed by atoms with van der Waals surface area (Å²) in [7, 11) is 0. The smallest absolute Gasteiger partial charge is 0.219 e. The molecule has 0 bridgehead atoms. The van der Waals surface area contributed by atoms with E-state index in [-0.39, 0.29) is 12.0 Å². The van der Waals surface area contributed by atoms with Crippen molar-refractivity contribution in [1.82, 2.24) is 14.5 Å². The van der Waals surface area contributed by atoms with E-state index in [1.165, 1.54) is 0 Å². The maximum atomic E-state index is 11.6. The van der Waals surface area contributed by atoms with Gasteiger partial charge in [-0.25, -0.2) is 4.98 Å². The van der Waals surface area contributed by atoms with Gasteiger partial charge in [-0.2, -0.15) is 0 Å². The molecule has 11 heteroatoms. The van der Waals surface area contributed by atoms with Crippen molar-refractivity contribution in [3.63, 3.8) is 0 Å². The molecule has 40 heavy (non-hydrogen) atoms. The van der Waals surface area contributed by atoms with E-state index in [4.69, 9.17) is 43.1 Å². The van der Waals surface area contributed by atoms with Crippen LogP contribution >= 0.6 is 23.2 Å². The molecule has 9 nitrogen and oxygen atoms in total. The van der Waals surface area contributed by atoms with Crippen molar-refractivity contribution in [2.24, 2.45) is 5.73 Å². The minimum absolute atomic E-state index is 0.129. The predicted molar refractivity (Wildman–Crippen MR) is 157 cm³/mol. The molecule has 2 aromatic carbocycles. The summed E-state index contributed by atoms with van der Waals surface area (Å²) in [6.07, 6.45) is 6.63. The first-order chi connectivity index (χ1) is 19.3. The van der Waals surface area contributed by atoms with Crippen molar-refractivity contribution < 1.29 is 19.0 Å². The van der Waals surface area contributed by atoms with Crippen LogP contribution in [-0.4, -0.2) is 72.4 Å². The number of benzene rings is 2. The Morgan fingerprint density at radius 2 is 1.93 bits per heavy atom. The molecule has 3 aromatic rings. The second-order valence-electron chi connectivity index (χ2n) is 9.49. The molecular weight excluding hydrogens is 553 g/mol. The van der Waals surface area contributed by atoms with Crippen LogP contribution in [0.25, 0.3) is 0 Å². The van der Waals surface area contributed by atoms with E-state index in [1.807, 2.05) is 46.0 Å². The number of anilines is 1. The van der Waals surface area contributed by atoms with Crippen LogP contribution in [0.3, 0.4) is 0 Å². The van der Waals surface area contributed by atoms with E-state index in [0.717, 1.165) is 37.6 Å². The van der Waals surface area contributed by atoms with Crippen molar-refractivity contribution in [3.05, 3.63) is 89.4 Å². The summed E-state index contributed by atoms with van der Waals surface area (Å²) < 4.78 is 20.6. The van der Waals surface area contributed by atoms with E-state index < -0.39 is 5.79 Å². The van der Waals surface area contributed by atoms with Gasteiger partial charge in [-0.15, -0.1) is 6.58 Å². The first-order valence-corrected chi connectivity index (χ1v) is 13.9. The number of carbonyl (C=O) groups excluding carboxylic acids is 1. The zero-order valence-electron chi connectivity index (χ0n) is 22.5. The van der Waals surface area contributed by atoms with E-state index in [9.17, 15) is 4.79 Å². The van der Waals surface area contributed by atoms with Gasteiger partial charge in [0.1, 0.15) is 18.5 Å². The third kappa shape index (κ3) is 7.56. The topological polar surface area (TPSA) is 95.1 Å². The molecule has 2 atom stereocenters. The Morgan fingerprint density at radius 3 is 2.52 bits per heavy atom. The molecule has 3 heterocycles. The monoisotopic (exact) mass is 587 g/mol. The maximum absolute atomic E-state index is 11.6. The number of hydrogen-bond acceptors (Lipinski definition) is 7. The number of nitrogens with two attached hydrogens (primary N) is 1. The minimum atomic E-state index is -1.08. The fourth-order valence-electron chi connectivity index (χ4n) is 4.60. The van der Waals surface area contributed by atoms with E-state index in [1.54, 1.807) is 37.7 Å². The van der Waals surface area contributed by atoms with Gasteiger partial charge < -0.3 is 34.3 Å². The Bertz CT molecular complexity index is 1250. The van der Waals surface area contributed by atoms with E-state index >= 15 is 0 Å². The Hall–Kier alpha value is -3.08. The summed E-state index contributed by atoms with van der Waals surface area (Å²) in [4.78, 5) is 19.8. The molecule has 1 aromatic heterocycles. The zero-order valence-corrected chi connectivity index (χ0v) is 24.1. The average molecular weight is 589 g/mol. The summed E-state index contributed by atoms with van der Waals surface area (Å²) in [5.74, 6) is -0.201. The Kier molecular flexibility index (Phi) is 10.5. The molecule has 1 amide bonds. The molecule has 2 saturated heterocycles. The first-order valence-electron chi connectivity index (χ1n) is 13.1. The van der Waals surface area contributed by atoms with Gasteiger partial charge in [-0.3, -0.25) is 4.79 Å². The number of halogens is 2. The Labute approximate surface area is 245 Å². The SMILES string of the molecule is C=CCN.CC(=O)N1CCN(c2ccc(OC[C@H]3CO[C@](Cn4ccnc4)(c4ccc(Cl)cc4Cl)O3)cc2)CC1. The molecule has 2 fully saturated rings. The summed E-state index contributed by atoms with van der Waals surface area (Å²) in [6.45, 7) is 9.74. The lowest BCUT2D eigenvalue weighted by atomic mass is 10.1. The van der Waals surface area contributed by atoms with Crippen LogP contribution in [0.1, 0.15) is 12.5 Å². The number of nitrogens with zero attached hydrogens (tertiary/aromatic N) is 4. The molecular formula is C29H35Cl2N5O4. The minimum Gasteiger partial charge on any atom is -0.491 e. The van der Waals surface area contributed by atoms with Crippen LogP contribution in [0.4, 0.5) is 5.69 Å². The molecule has 0 unspecified atom stereocenters. The highest BCUT2D eigenvalue weighted by molar-refractivity contribution is 6.35. The van der Waals surface area contributed by atoms with E-state index in [0.29, 0.717) is 41.9 Å². The van der Waals surface area contributed by atoms with Crippen LogP contribution in [0.15, 0.2) is 73.8 Å². The van der Waals surface area contributed by atoms with Gasteiger partial charge in [-0.05, 0) is 36.4 Å². The molecule has 0 spiro atoms. The lowest BCUT2D eigenvalue weighted by Crippen LogP contribution is -2.48. The number of ether oxygens (including phenoxy) is 3. The fraction of sp³-hybridized carbons (Fsp3) is 0.379. The van der Waals surface area contributed by atoms with Crippen LogP contribution in [0, 0.1) is 0 Å². The van der Waals surface area contributed by atoms with Crippen molar-refractivity contribution in [3.8, 4) is 5.75 Å². The van der Waals surface area contributed by atoms with Crippen molar-refractivity contribution in [2.45, 2.75) is 25.4 Å². The normalized spacial score (nSPS) is 20.6. The summed E-state index contributed by atoms with van der Waals surface area (Å²) >= 11 is 12.7. The Morgan fingerprint density at radius 1 is 1.20 bits per heavy atom. The predicted octanol–water partition coefficient (Wildman–Crippen LogP) is 4.34. The van der Waals surface area contributed by atoms with Crippen LogP contribution < -0.4 is 15.4 Å². The van der Waals surface area contributed by atoms with Crippen LogP contribution in [0.5, 0.6) is 5.75 Å². The molecule has 5 rings (SSSR count). The quantitative estimate of drug-likeness (QED) is 0.392. The first kappa shape index (κ1) is 29.9. The molecule has 2 aliphatic heterocycles. The average Bonchev–Trinajstić information content (AvgIpc) is 3.63. The third-order valence-corrected chi connectivity index (χ3v) is 7.23. The highest BCUT2D eigenvalue weighted by Gasteiger charge is 2.45. The lowest BCUT2D eigenvalue weighted by Gasteiger charge is -2.35. The van der Waals surface area contributed by atoms with Crippen molar-refractivity contribution >= 4 is 34.8 Å². The van der Waals surface area contributed by atoms with Gasteiger partial charge in [0.05, 0.1) is 24.5 Å². The fourth-order valence-corrected chi connectivity index (χ4v) is 5.15. The van der Waals surface area contributed by atoms with Crippen molar-refractivity contribution in [1.29, 1.82) is 0 Å². The second kappa shape index (κ2) is 14.0. The Balaban J connectivity index is 0.000000867. The lowest BCUT2D eigenvalue weighted by molar-refractivity contribution is -0.189. The van der Waals surface area contributed by atoms with Gasteiger partial charge in [0.15, 0.2) is 0 Å². The number of rotatable bonds is 8. The van der Waals surface area contributed by atoms with Gasteiger partial charge >= 0.3 is 0 Å². The molecule has 0 saturated carbocycles. The number of hydrogen-bond donors (Lipinski definition) is 1. The molecule has 2 N–H and O–H groups in total. The number of carbonyl (C=O) groups is 1. The number of amides is 1. The third-order valence-electron chi connectivity index (χ3n) is 6.68. The van der Waals surface area contributed by atoms with Crippen LogP contribution in [0.2, 0.25) is 10.0 Å². The van der Waals surface area contributed by atoms with Crippen molar-refractivity contribution in [2.75, 3.05) is 50.8 Å². The maximum Gasteiger partial charge on any atom is 0.219 e. The number of piperazine rings is 1. The molecule has 2 aliphatic rings. The highest BCUT2D eigenvalue weighted by atomic mass is 35.5. The summed E-state index contributed by atoms with van der Waals surface area (Å²) in [6, 6.07) is 13.3. The number of aromatic nitrogens is 2. The summed E-state index contributed by atoms with van der Waals surface area (Å²) in [5, 5.41) is 1.02. The van der Waals surface area contributed by atoms with Gasteiger partial charge in [-0.1, -0.05) is 35.3 Å². The second-order valence-corrected chi connectivity index (χ2v) is 10.3. The number of imidazole rings is 1. The van der Waals surface area contributed by atoms with Crippen LogP contribution in [-0.2, 0) is 26.6 Å². The molecule has 214 valence electrons. The highest BCUT2D eigenvalue weighted by Crippen LogP contribution is 2.40. The molecule has 0 radical (unpaired) electrons. The van der Waals surface area contributed by atoms with Gasteiger partial charge in [0.2, 0.25) is 11.7 Å². The van der Waals surface area contributed by atoms with E-state index in [2.05, 4.69) is 16.5 Å².